The van der Waals surface area contributed by atoms with Crippen LogP contribution in [-0.4, -0.2) is 17.4 Å². The lowest BCUT2D eigenvalue weighted by Crippen LogP contribution is -2.30. The van der Waals surface area contributed by atoms with Crippen molar-refractivity contribution >= 4 is 34.6 Å². The molecule has 132 valence electrons. The summed E-state index contributed by atoms with van der Waals surface area (Å²) in [6, 6.07) is 17.2. The van der Waals surface area contributed by atoms with Crippen LogP contribution in [0.15, 0.2) is 67.0 Å². The number of rotatable bonds is 5. The Morgan fingerprint density at radius 1 is 1.08 bits per heavy atom. The smallest absolute Gasteiger partial charge is 0.259 e. The number of aryl methyl sites for hydroxylation is 1. The zero-order valence-corrected chi connectivity index (χ0v) is 15.5. The van der Waals surface area contributed by atoms with Gasteiger partial charge in [-0.05, 0) is 49.7 Å². The maximum absolute atomic E-state index is 12.9. The number of hydrogen-bond donors (Lipinski definition) is 1. The molecule has 0 aliphatic carbocycles. The molecule has 0 saturated heterocycles. The van der Waals surface area contributed by atoms with Crippen molar-refractivity contribution in [1.82, 2.24) is 4.98 Å². The molecular formula is C21H20ClN3O. The van der Waals surface area contributed by atoms with Crippen LogP contribution in [-0.2, 0) is 0 Å². The van der Waals surface area contributed by atoms with Gasteiger partial charge in [0.2, 0.25) is 0 Å². The molecule has 0 aliphatic rings. The van der Waals surface area contributed by atoms with Crippen LogP contribution >= 0.6 is 11.6 Å². The monoisotopic (exact) mass is 365 g/mol. The molecule has 0 unspecified atom stereocenters. The van der Waals surface area contributed by atoms with E-state index in [1.165, 1.54) is 0 Å². The second-order valence-electron chi connectivity index (χ2n) is 5.94. The second-order valence-corrected chi connectivity index (χ2v) is 6.34. The number of amides is 1. The van der Waals surface area contributed by atoms with Crippen LogP contribution in [0.5, 0.6) is 0 Å². The number of benzene rings is 2. The summed E-state index contributed by atoms with van der Waals surface area (Å²) in [6.45, 7) is 4.48. The van der Waals surface area contributed by atoms with Gasteiger partial charge in [0.15, 0.2) is 0 Å². The first kappa shape index (κ1) is 18.0. The fraction of sp³-hybridized carbons (Fsp3) is 0.143. The highest BCUT2D eigenvalue weighted by atomic mass is 35.5. The van der Waals surface area contributed by atoms with E-state index in [0.29, 0.717) is 17.1 Å². The first-order chi connectivity index (χ1) is 12.6. The lowest BCUT2D eigenvalue weighted by atomic mass is 10.2. The van der Waals surface area contributed by atoms with E-state index in [1.54, 1.807) is 23.4 Å². The number of anilines is 3. The first-order valence-electron chi connectivity index (χ1n) is 8.43. The van der Waals surface area contributed by atoms with Crippen LogP contribution in [0.2, 0.25) is 5.02 Å². The van der Waals surface area contributed by atoms with Crippen molar-refractivity contribution in [2.24, 2.45) is 0 Å². The van der Waals surface area contributed by atoms with E-state index in [1.807, 2.05) is 62.4 Å². The van der Waals surface area contributed by atoms with Crippen LogP contribution < -0.4 is 10.2 Å². The number of hydrogen-bond acceptors (Lipinski definition) is 3. The van der Waals surface area contributed by atoms with Gasteiger partial charge in [0.05, 0.1) is 17.4 Å². The number of carbonyl (C=O) groups is 1. The minimum atomic E-state index is -0.0863. The fourth-order valence-corrected chi connectivity index (χ4v) is 2.85. The van der Waals surface area contributed by atoms with E-state index in [0.717, 1.165) is 22.6 Å². The molecule has 0 saturated carbocycles. The summed E-state index contributed by atoms with van der Waals surface area (Å²) in [4.78, 5) is 18.9. The molecular weight excluding hydrogens is 346 g/mol. The molecule has 4 nitrogen and oxygen atoms in total. The van der Waals surface area contributed by atoms with Crippen LogP contribution in [0, 0.1) is 6.92 Å². The molecule has 0 aliphatic heterocycles. The summed E-state index contributed by atoms with van der Waals surface area (Å²) >= 11 is 6.17. The summed E-state index contributed by atoms with van der Waals surface area (Å²) < 4.78 is 0. The van der Waals surface area contributed by atoms with Crippen LogP contribution in [0.3, 0.4) is 0 Å². The largest absolute Gasteiger partial charge is 0.354 e. The molecule has 0 radical (unpaired) electrons. The number of halogens is 1. The van der Waals surface area contributed by atoms with Gasteiger partial charge < -0.3 is 10.2 Å². The highest BCUT2D eigenvalue weighted by Gasteiger charge is 2.16. The molecule has 3 rings (SSSR count). The third-order valence-electron chi connectivity index (χ3n) is 4.07. The second kappa shape index (κ2) is 8.02. The number of aromatic nitrogens is 1. The van der Waals surface area contributed by atoms with Gasteiger partial charge >= 0.3 is 0 Å². The lowest BCUT2D eigenvalue weighted by Gasteiger charge is -2.21. The third kappa shape index (κ3) is 4.03. The molecule has 1 aromatic heterocycles. The molecule has 2 aromatic carbocycles. The summed E-state index contributed by atoms with van der Waals surface area (Å²) in [7, 11) is 0. The average Bonchev–Trinajstić information content (AvgIpc) is 2.66. The van der Waals surface area contributed by atoms with Crippen molar-refractivity contribution < 1.29 is 4.79 Å². The lowest BCUT2D eigenvalue weighted by molar-refractivity contribution is 0.0988. The standard InChI is InChI=1S/C21H20ClN3O/c1-3-25(19-7-5-4-6-8-19)21(26)16-11-18(14-23-13-16)24-17-10-9-15(2)20(22)12-17/h4-14,24H,3H2,1-2H3. The number of pyridine rings is 1. The Kier molecular flexibility index (Phi) is 5.54. The van der Waals surface area contributed by atoms with E-state index in [9.17, 15) is 4.79 Å². The Bertz CT molecular complexity index is 912. The number of nitrogens with zero attached hydrogens (tertiary/aromatic N) is 2. The normalized spacial score (nSPS) is 10.4. The Hall–Kier alpha value is -2.85. The topological polar surface area (TPSA) is 45.2 Å². The van der Waals surface area contributed by atoms with Crippen molar-refractivity contribution in [1.29, 1.82) is 0 Å². The van der Waals surface area contributed by atoms with Gasteiger partial charge in [-0.15, -0.1) is 0 Å². The minimum Gasteiger partial charge on any atom is -0.354 e. The van der Waals surface area contributed by atoms with Gasteiger partial charge in [0.25, 0.3) is 5.91 Å². The van der Waals surface area contributed by atoms with Crippen molar-refractivity contribution in [3.8, 4) is 0 Å². The maximum atomic E-state index is 12.9. The summed E-state index contributed by atoms with van der Waals surface area (Å²) in [5, 5.41) is 3.94. The van der Waals surface area contributed by atoms with Crippen molar-refractivity contribution in [2.75, 3.05) is 16.8 Å². The van der Waals surface area contributed by atoms with Gasteiger partial charge in [0.1, 0.15) is 0 Å². The minimum absolute atomic E-state index is 0.0863. The Labute approximate surface area is 158 Å². The summed E-state index contributed by atoms with van der Waals surface area (Å²) in [5.74, 6) is -0.0863. The molecule has 1 N–H and O–H groups in total. The van der Waals surface area contributed by atoms with Crippen molar-refractivity contribution in [3.63, 3.8) is 0 Å². The molecule has 1 amide bonds. The highest BCUT2D eigenvalue weighted by Crippen LogP contribution is 2.24. The van der Waals surface area contributed by atoms with Crippen LogP contribution in [0.25, 0.3) is 0 Å². The van der Waals surface area contributed by atoms with Crippen LogP contribution in [0.4, 0.5) is 17.1 Å². The molecule has 0 atom stereocenters. The SMILES string of the molecule is CCN(C(=O)c1cncc(Nc2ccc(C)c(Cl)c2)c1)c1ccccc1. The molecule has 1 heterocycles. The predicted octanol–water partition coefficient (Wildman–Crippen LogP) is 5.45. The van der Waals surface area contributed by atoms with E-state index in [2.05, 4.69) is 10.3 Å². The van der Waals surface area contributed by atoms with Gasteiger partial charge in [-0.2, -0.15) is 0 Å². The molecule has 26 heavy (non-hydrogen) atoms. The Morgan fingerprint density at radius 3 is 2.54 bits per heavy atom. The molecule has 5 heteroatoms. The van der Waals surface area contributed by atoms with Gasteiger partial charge in [-0.25, -0.2) is 0 Å². The number of carbonyl (C=O) groups excluding carboxylic acids is 1. The predicted molar refractivity (Wildman–Crippen MR) is 108 cm³/mol. The van der Waals surface area contributed by atoms with Gasteiger partial charge in [0, 0.05) is 29.1 Å². The van der Waals surface area contributed by atoms with E-state index < -0.39 is 0 Å². The zero-order chi connectivity index (χ0) is 18.5. The van der Waals surface area contributed by atoms with E-state index >= 15 is 0 Å². The maximum Gasteiger partial charge on any atom is 0.259 e. The molecule has 0 bridgehead atoms. The van der Waals surface area contributed by atoms with Gasteiger partial charge in [-0.3, -0.25) is 9.78 Å². The van der Waals surface area contributed by atoms with Crippen molar-refractivity contribution in [2.45, 2.75) is 13.8 Å². The van der Waals surface area contributed by atoms with Crippen LogP contribution in [0.1, 0.15) is 22.8 Å². The molecule has 3 aromatic rings. The number of para-hydroxylation sites is 1. The van der Waals surface area contributed by atoms with E-state index in [4.69, 9.17) is 11.6 Å². The first-order valence-corrected chi connectivity index (χ1v) is 8.81. The van der Waals surface area contributed by atoms with E-state index in [-0.39, 0.29) is 5.91 Å². The summed E-state index contributed by atoms with van der Waals surface area (Å²) in [5.41, 5.74) is 3.99. The zero-order valence-electron chi connectivity index (χ0n) is 14.7. The Balaban J connectivity index is 1.84. The number of nitrogens with one attached hydrogen (secondary N) is 1. The fourth-order valence-electron chi connectivity index (χ4n) is 2.67. The Morgan fingerprint density at radius 2 is 1.85 bits per heavy atom. The highest BCUT2D eigenvalue weighted by molar-refractivity contribution is 6.31. The average molecular weight is 366 g/mol. The van der Waals surface area contributed by atoms with Crippen molar-refractivity contribution in [3.05, 3.63) is 83.1 Å². The van der Waals surface area contributed by atoms with Gasteiger partial charge in [-0.1, -0.05) is 35.9 Å². The third-order valence-corrected chi connectivity index (χ3v) is 4.48. The molecule has 0 spiro atoms. The summed E-state index contributed by atoms with van der Waals surface area (Å²) in [6.07, 6.45) is 3.27. The molecule has 0 fully saturated rings. The quantitative estimate of drug-likeness (QED) is 0.653.